The first kappa shape index (κ1) is 16.1. The Bertz CT molecular complexity index is 841. The molecule has 2 nitrogen and oxygen atoms in total. The van der Waals surface area contributed by atoms with Crippen LogP contribution in [0.25, 0.3) is 11.1 Å². The Kier molecular flexibility index (Phi) is 4.66. The number of fused-ring (bicyclic) bond motifs is 1. The third-order valence-corrected chi connectivity index (χ3v) is 5.96. The lowest BCUT2D eigenvalue weighted by Crippen LogP contribution is -2.10. The van der Waals surface area contributed by atoms with Crippen LogP contribution in [0.3, 0.4) is 0 Å². The van der Waals surface area contributed by atoms with Crippen LogP contribution in [-0.2, 0) is 12.8 Å². The molecule has 1 aliphatic rings. The van der Waals surface area contributed by atoms with Crippen LogP contribution < -0.4 is 5.32 Å². The van der Waals surface area contributed by atoms with E-state index in [2.05, 4.69) is 35.6 Å². The Morgan fingerprint density at radius 3 is 2.36 bits per heavy atom. The Balaban J connectivity index is 1.48. The highest BCUT2D eigenvalue weighted by Gasteiger charge is 2.16. The second-order valence-electron chi connectivity index (χ2n) is 6.52. The second kappa shape index (κ2) is 7.24. The van der Waals surface area contributed by atoms with E-state index < -0.39 is 0 Å². The van der Waals surface area contributed by atoms with Gasteiger partial charge in [-0.05, 0) is 60.6 Å². The van der Waals surface area contributed by atoms with E-state index in [0.717, 1.165) is 29.0 Å². The quantitative estimate of drug-likeness (QED) is 0.584. The summed E-state index contributed by atoms with van der Waals surface area (Å²) >= 11 is 1.66. The summed E-state index contributed by atoms with van der Waals surface area (Å²) in [5.41, 5.74) is 4.56. The molecule has 0 unspecified atom stereocenters. The minimum atomic E-state index is 0.00512. The first-order valence-corrected chi connectivity index (χ1v) is 9.70. The number of rotatable bonds is 3. The molecular formula is C22H21NOS. The maximum Gasteiger partial charge on any atom is 0.265 e. The SMILES string of the molecule is O=C(Nc1ccc(-c2ccccc2)cc1)c1cc2c(s1)CCCCC2. The molecule has 3 heteroatoms. The standard InChI is InChI=1S/C22H21NOS/c24-22(21-15-18-9-5-2-6-10-20(18)25-21)23-19-13-11-17(12-14-19)16-7-3-1-4-8-16/h1,3-4,7-8,11-15H,2,5-6,9-10H2,(H,23,24). The number of aryl methyl sites for hydroxylation is 2. The van der Waals surface area contributed by atoms with Crippen molar-refractivity contribution in [1.82, 2.24) is 0 Å². The molecular weight excluding hydrogens is 326 g/mol. The van der Waals surface area contributed by atoms with Crippen molar-refractivity contribution in [3.63, 3.8) is 0 Å². The normalized spacial score (nSPS) is 13.8. The molecule has 3 aromatic rings. The molecule has 1 amide bonds. The zero-order valence-electron chi connectivity index (χ0n) is 14.1. The van der Waals surface area contributed by atoms with E-state index >= 15 is 0 Å². The zero-order valence-corrected chi connectivity index (χ0v) is 14.9. The fourth-order valence-corrected chi connectivity index (χ4v) is 4.50. The van der Waals surface area contributed by atoms with Gasteiger partial charge in [-0.2, -0.15) is 0 Å². The van der Waals surface area contributed by atoms with Gasteiger partial charge in [-0.1, -0.05) is 48.9 Å². The van der Waals surface area contributed by atoms with Crippen molar-refractivity contribution in [3.05, 3.63) is 76.0 Å². The minimum Gasteiger partial charge on any atom is -0.321 e. The largest absolute Gasteiger partial charge is 0.321 e. The Morgan fingerprint density at radius 2 is 1.56 bits per heavy atom. The van der Waals surface area contributed by atoms with E-state index in [-0.39, 0.29) is 5.91 Å². The molecule has 2 aromatic carbocycles. The summed E-state index contributed by atoms with van der Waals surface area (Å²) in [7, 11) is 0. The van der Waals surface area contributed by atoms with Crippen molar-refractivity contribution in [2.24, 2.45) is 0 Å². The highest BCUT2D eigenvalue weighted by atomic mass is 32.1. The molecule has 0 spiro atoms. The molecule has 1 heterocycles. The van der Waals surface area contributed by atoms with Gasteiger partial charge in [-0.15, -0.1) is 11.3 Å². The number of carbonyl (C=O) groups is 1. The minimum absolute atomic E-state index is 0.00512. The lowest BCUT2D eigenvalue weighted by atomic mass is 10.1. The number of hydrogen-bond donors (Lipinski definition) is 1. The number of hydrogen-bond acceptors (Lipinski definition) is 2. The van der Waals surface area contributed by atoms with Crippen molar-refractivity contribution < 1.29 is 4.79 Å². The first-order valence-electron chi connectivity index (χ1n) is 8.88. The lowest BCUT2D eigenvalue weighted by Gasteiger charge is -2.06. The van der Waals surface area contributed by atoms with Crippen LogP contribution in [0.4, 0.5) is 5.69 Å². The van der Waals surface area contributed by atoms with Crippen molar-refractivity contribution in [3.8, 4) is 11.1 Å². The highest BCUT2D eigenvalue weighted by molar-refractivity contribution is 7.14. The summed E-state index contributed by atoms with van der Waals surface area (Å²) in [5, 5.41) is 3.03. The Morgan fingerprint density at radius 1 is 0.840 bits per heavy atom. The Hall–Kier alpha value is -2.39. The number of thiophene rings is 1. The van der Waals surface area contributed by atoms with Gasteiger partial charge in [-0.25, -0.2) is 0 Å². The van der Waals surface area contributed by atoms with Crippen molar-refractivity contribution in [2.75, 3.05) is 5.32 Å². The number of carbonyl (C=O) groups excluding carboxylic acids is 1. The van der Waals surface area contributed by atoms with Gasteiger partial charge in [0.25, 0.3) is 5.91 Å². The molecule has 126 valence electrons. The monoisotopic (exact) mass is 347 g/mol. The van der Waals surface area contributed by atoms with Gasteiger partial charge in [0.1, 0.15) is 0 Å². The van der Waals surface area contributed by atoms with Crippen LogP contribution in [0.2, 0.25) is 0 Å². The maximum atomic E-state index is 12.6. The summed E-state index contributed by atoms with van der Waals surface area (Å²) in [4.78, 5) is 14.8. The van der Waals surface area contributed by atoms with E-state index in [1.54, 1.807) is 11.3 Å². The van der Waals surface area contributed by atoms with Crippen LogP contribution in [0.5, 0.6) is 0 Å². The molecule has 0 radical (unpaired) electrons. The van der Waals surface area contributed by atoms with Crippen molar-refractivity contribution >= 4 is 22.9 Å². The van der Waals surface area contributed by atoms with Crippen molar-refractivity contribution in [2.45, 2.75) is 32.1 Å². The molecule has 1 aliphatic carbocycles. The topological polar surface area (TPSA) is 29.1 Å². The van der Waals surface area contributed by atoms with Gasteiger partial charge in [0.05, 0.1) is 4.88 Å². The van der Waals surface area contributed by atoms with Gasteiger partial charge in [-0.3, -0.25) is 4.79 Å². The molecule has 0 fully saturated rings. The van der Waals surface area contributed by atoms with Crippen molar-refractivity contribution in [1.29, 1.82) is 0 Å². The predicted octanol–water partition coefficient (Wildman–Crippen LogP) is 5.94. The summed E-state index contributed by atoms with van der Waals surface area (Å²) in [6, 6.07) is 20.4. The summed E-state index contributed by atoms with van der Waals surface area (Å²) in [6.07, 6.45) is 6.03. The second-order valence-corrected chi connectivity index (χ2v) is 7.65. The van der Waals surface area contributed by atoms with Gasteiger partial charge in [0.15, 0.2) is 0 Å². The van der Waals surface area contributed by atoms with Gasteiger partial charge < -0.3 is 5.32 Å². The average Bonchev–Trinajstić information content (AvgIpc) is 2.94. The van der Waals surface area contributed by atoms with E-state index in [4.69, 9.17) is 0 Å². The molecule has 0 saturated heterocycles. The highest BCUT2D eigenvalue weighted by Crippen LogP contribution is 2.29. The number of benzene rings is 2. The Labute approximate surface area is 152 Å². The summed E-state index contributed by atoms with van der Waals surface area (Å²) in [6.45, 7) is 0. The smallest absolute Gasteiger partial charge is 0.265 e. The third-order valence-electron chi connectivity index (χ3n) is 4.72. The number of anilines is 1. The fourth-order valence-electron chi connectivity index (χ4n) is 3.35. The molecule has 0 saturated carbocycles. The van der Waals surface area contributed by atoms with E-state index in [0.29, 0.717) is 0 Å². The molecule has 25 heavy (non-hydrogen) atoms. The van der Waals surface area contributed by atoms with Crippen LogP contribution >= 0.6 is 11.3 Å². The summed E-state index contributed by atoms with van der Waals surface area (Å²) < 4.78 is 0. The fraction of sp³-hybridized carbons (Fsp3) is 0.227. The van der Waals surface area contributed by atoms with Gasteiger partial charge in [0.2, 0.25) is 0 Å². The molecule has 1 aromatic heterocycles. The first-order chi connectivity index (χ1) is 12.3. The number of amides is 1. The maximum absolute atomic E-state index is 12.6. The number of nitrogens with one attached hydrogen (secondary N) is 1. The van der Waals surface area contributed by atoms with Crippen LogP contribution in [0.1, 0.15) is 39.4 Å². The molecule has 0 bridgehead atoms. The predicted molar refractivity (Wildman–Crippen MR) is 105 cm³/mol. The molecule has 0 aliphatic heterocycles. The molecule has 0 atom stereocenters. The summed E-state index contributed by atoms with van der Waals surface area (Å²) in [5.74, 6) is 0.00512. The lowest BCUT2D eigenvalue weighted by molar-refractivity contribution is 0.103. The average molecular weight is 347 g/mol. The van der Waals surface area contributed by atoms with Crippen LogP contribution in [-0.4, -0.2) is 5.91 Å². The third kappa shape index (κ3) is 3.67. The van der Waals surface area contributed by atoms with E-state index in [1.165, 1.54) is 35.3 Å². The molecule has 4 rings (SSSR count). The van der Waals surface area contributed by atoms with E-state index in [9.17, 15) is 4.79 Å². The van der Waals surface area contributed by atoms with Crippen LogP contribution in [0, 0.1) is 0 Å². The van der Waals surface area contributed by atoms with E-state index in [1.807, 2.05) is 30.3 Å². The van der Waals surface area contributed by atoms with Gasteiger partial charge in [0, 0.05) is 10.6 Å². The van der Waals surface area contributed by atoms with Gasteiger partial charge >= 0.3 is 0 Å². The molecule has 1 N–H and O–H groups in total. The zero-order chi connectivity index (χ0) is 17.1. The van der Waals surface area contributed by atoms with Crippen LogP contribution in [0.15, 0.2) is 60.7 Å².